The number of nitrogens with zero attached hydrogens (tertiary/aromatic N) is 1. The fraction of sp³-hybridized carbons (Fsp3) is 0.296. The fourth-order valence-corrected chi connectivity index (χ4v) is 5.45. The van der Waals surface area contributed by atoms with Gasteiger partial charge in [0.2, 0.25) is 5.91 Å². The average molecular weight is 397 g/mol. The van der Waals surface area contributed by atoms with Crippen LogP contribution in [0.25, 0.3) is 0 Å². The minimum Gasteiger partial charge on any atom is -0.325 e. The monoisotopic (exact) mass is 396 g/mol. The van der Waals surface area contributed by atoms with Crippen LogP contribution in [0.15, 0.2) is 78.9 Å². The van der Waals surface area contributed by atoms with Gasteiger partial charge in [0, 0.05) is 18.8 Å². The maximum Gasteiger partial charge on any atom is 0.239 e. The topological polar surface area (TPSA) is 32.3 Å². The first-order chi connectivity index (χ1) is 14.7. The third-order valence-corrected chi connectivity index (χ3v) is 6.87. The predicted molar refractivity (Wildman–Crippen MR) is 122 cm³/mol. The molecule has 3 nitrogen and oxygen atoms in total. The van der Waals surface area contributed by atoms with Crippen LogP contribution in [0.2, 0.25) is 0 Å². The number of amides is 1. The Hall–Kier alpha value is -2.91. The summed E-state index contributed by atoms with van der Waals surface area (Å²) in [5.41, 5.74) is 5.30. The molecule has 30 heavy (non-hydrogen) atoms. The Bertz CT molecular complexity index is 1060. The molecule has 1 fully saturated rings. The number of nitrogens with one attached hydrogen (secondary N) is 1. The number of anilines is 1. The van der Waals surface area contributed by atoms with Gasteiger partial charge < -0.3 is 10.2 Å². The van der Waals surface area contributed by atoms with Crippen molar-refractivity contribution >= 4 is 11.6 Å². The van der Waals surface area contributed by atoms with Crippen LogP contribution in [0.3, 0.4) is 0 Å². The highest BCUT2D eigenvalue weighted by atomic mass is 16.2. The molecule has 3 heteroatoms. The molecule has 152 valence electrons. The number of para-hydroxylation sites is 1. The zero-order chi connectivity index (χ0) is 20.6. The van der Waals surface area contributed by atoms with Crippen molar-refractivity contribution in [3.63, 3.8) is 0 Å². The van der Waals surface area contributed by atoms with E-state index in [4.69, 9.17) is 0 Å². The molecule has 2 heterocycles. The summed E-state index contributed by atoms with van der Waals surface area (Å²) in [5.74, 6) is 0.390. The van der Waals surface area contributed by atoms with Gasteiger partial charge in [0.15, 0.2) is 0 Å². The first kappa shape index (κ1) is 19.1. The second kappa shape index (κ2) is 7.73. The van der Waals surface area contributed by atoms with Gasteiger partial charge in [0.05, 0.1) is 0 Å². The molecule has 2 atom stereocenters. The molecule has 1 amide bonds. The lowest BCUT2D eigenvalue weighted by atomic mass is 9.66. The zero-order valence-electron chi connectivity index (χ0n) is 17.5. The van der Waals surface area contributed by atoms with E-state index in [-0.39, 0.29) is 11.8 Å². The maximum atomic E-state index is 13.5. The summed E-state index contributed by atoms with van der Waals surface area (Å²) in [6, 6.07) is 27.4. The molecule has 1 unspecified atom stereocenters. The van der Waals surface area contributed by atoms with Gasteiger partial charge in [0.1, 0.15) is 5.41 Å². The van der Waals surface area contributed by atoms with Crippen molar-refractivity contribution in [2.75, 3.05) is 25.0 Å². The number of hydrogen-bond acceptors (Lipinski definition) is 2. The number of aryl methyl sites for hydroxylation is 1. The van der Waals surface area contributed by atoms with Crippen molar-refractivity contribution in [1.82, 2.24) is 4.90 Å². The van der Waals surface area contributed by atoms with E-state index < -0.39 is 5.41 Å². The molecular weight excluding hydrogens is 368 g/mol. The summed E-state index contributed by atoms with van der Waals surface area (Å²) in [7, 11) is 0. The largest absolute Gasteiger partial charge is 0.325 e. The molecule has 0 spiro atoms. The van der Waals surface area contributed by atoms with Crippen molar-refractivity contribution in [3.8, 4) is 0 Å². The van der Waals surface area contributed by atoms with E-state index in [1.165, 1.54) is 11.1 Å². The molecular formula is C27H28N2O. The molecule has 0 aliphatic carbocycles. The van der Waals surface area contributed by atoms with Gasteiger partial charge in [-0.05, 0) is 55.0 Å². The Labute approximate surface area is 178 Å². The quantitative estimate of drug-likeness (QED) is 0.672. The molecule has 0 bridgehead atoms. The van der Waals surface area contributed by atoms with E-state index in [2.05, 4.69) is 77.8 Å². The number of carbonyl (C=O) groups is 1. The highest BCUT2D eigenvalue weighted by Crippen LogP contribution is 2.50. The van der Waals surface area contributed by atoms with Gasteiger partial charge >= 0.3 is 0 Å². The van der Waals surface area contributed by atoms with E-state index in [9.17, 15) is 4.79 Å². The molecule has 1 N–H and O–H groups in total. The Morgan fingerprint density at radius 3 is 2.63 bits per heavy atom. The lowest BCUT2D eigenvalue weighted by molar-refractivity contribution is -0.121. The molecule has 0 radical (unpaired) electrons. The van der Waals surface area contributed by atoms with E-state index in [1.807, 2.05) is 18.2 Å². The van der Waals surface area contributed by atoms with Gasteiger partial charge in [-0.3, -0.25) is 4.79 Å². The summed E-state index contributed by atoms with van der Waals surface area (Å²) in [6.45, 7) is 5.17. The molecule has 2 aliphatic rings. The molecule has 1 saturated heterocycles. The molecule has 0 aromatic heterocycles. The van der Waals surface area contributed by atoms with E-state index in [1.54, 1.807) is 0 Å². The number of likely N-dealkylation sites (tertiary alicyclic amines) is 1. The highest BCUT2D eigenvalue weighted by Gasteiger charge is 2.54. The minimum atomic E-state index is -0.601. The van der Waals surface area contributed by atoms with Gasteiger partial charge in [0.25, 0.3) is 0 Å². The molecule has 0 saturated carbocycles. The summed E-state index contributed by atoms with van der Waals surface area (Å²) in [5, 5.41) is 3.19. The summed E-state index contributed by atoms with van der Waals surface area (Å²) < 4.78 is 0. The normalized spacial score (nSPS) is 23.4. The SMILES string of the molecule is Cc1cccc(CCN2CC[C@@H](C3(c4ccccc4)C(=O)Nc4ccccc43)C2)c1. The van der Waals surface area contributed by atoms with Crippen LogP contribution in [0, 0.1) is 12.8 Å². The average Bonchev–Trinajstić information content (AvgIpc) is 3.35. The second-order valence-electron chi connectivity index (χ2n) is 8.70. The van der Waals surface area contributed by atoms with Crippen LogP contribution >= 0.6 is 0 Å². The van der Waals surface area contributed by atoms with Gasteiger partial charge in [-0.1, -0.05) is 78.4 Å². The van der Waals surface area contributed by atoms with Crippen LogP contribution in [-0.2, 0) is 16.6 Å². The molecule has 3 aromatic carbocycles. The van der Waals surface area contributed by atoms with Crippen molar-refractivity contribution in [1.29, 1.82) is 0 Å². The van der Waals surface area contributed by atoms with Crippen LogP contribution < -0.4 is 5.32 Å². The fourth-order valence-electron chi connectivity index (χ4n) is 5.45. The Morgan fingerprint density at radius 2 is 1.80 bits per heavy atom. The second-order valence-corrected chi connectivity index (χ2v) is 8.70. The predicted octanol–water partition coefficient (Wildman–Crippen LogP) is 4.80. The molecule has 3 aromatic rings. The zero-order valence-corrected chi connectivity index (χ0v) is 17.5. The first-order valence-electron chi connectivity index (χ1n) is 10.9. The van der Waals surface area contributed by atoms with Gasteiger partial charge in [-0.15, -0.1) is 0 Å². The maximum absolute atomic E-state index is 13.5. The number of fused-ring (bicyclic) bond motifs is 1. The third kappa shape index (κ3) is 3.14. The number of hydrogen-bond donors (Lipinski definition) is 1. The van der Waals surface area contributed by atoms with Crippen LogP contribution in [0.1, 0.15) is 28.7 Å². The minimum absolute atomic E-state index is 0.125. The Morgan fingerprint density at radius 1 is 1.00 bits per heavy atom. The third-order valence-electron chi connectivity index (χ3n) is 6.87. The first-order valence-corrected chi connectivity index (χ1v) is 10.9. The van der Waals surface area contributed by atoms with Crippen molar-refractivity contribution in [3.05, 3.63) is 101 Å². The van der Waals surface area contributed by atoms with Crippen molar-refractivity contribution in [2.45, 2.75) is 25.2 Å². The summed E-state index contributed by atoms with van der Waals surface area (Å²) in [6.07, 6.45) is 2.08. The van der Waals surface area contributed by atoms with E-state index >= 15 is 0 Å². The smallest absolute Gasteiger partial charge is 0.239 e. The van der Waals surface area contributed by atoms with Crippen LogP contribution in [-0.4, -0.2) is 30.4 Å². The van der Waals surface area contributed by atoms with Crippen LogP contribution in [0.4, 0.5) is 5.69 Å². The van der Waals surface area contributed by atoms with Crippen LogP contribution in [0.5, 0.6) is 0 Å². The van der Waals surface area contributed by atoms with Crippen molar-refractivity contribution in [2.24, 2.45) is 5.92 Å². The van der Waals surface area contributed by atoms with Crippen molar-refractivity contribution < 1.29 is 4.79 Å². The number of carbonyl (C=O) groups excluding carboxylic acids is 1. The molecule has 5 rings (SSSR count). The number of rotatable bonds is 5. The standard InChI is InChI=1S/C27H28N2O/c1-20-8-7-9-21(18-20)14-16-29-17-15-23(19-29)27(22-10-3-2-4-11-22)24-12-5-6-13-25(24)28-26(27)30/h2-13,18,23H,14-17,19H2,1H3,(H,28,30)/t23-,27?/m1/s1. The summed E-state index contributed by atoms with van der Waals surface area (Å²) >= 11 is 0. The van der Waals surface area contributed by atoms with Gasteiger partial charge in [-0.2, -0.15) is 0 Å². The Kier molecular flexibility index (Phi) is 4.92. The Balaban J connectivity index is 1.44. The lowest BCUT2D eigenvalue weighted by Crippen LogP contribution is -2.44. The van der Waals surface area contributed by atoms with Gasteiger partial charge in [-0.25, -0.2) is 0 Å². The van der Waals surface area contributed by atoms with E-state index in [0.29, 0.717) is 0 Å². The lowest BCUT2D eigenvalue weighted by Gasteiger charge is -2.34. The number of benzene rings is 3. The van der Waals surface area contributed by atoms with E-state index in [0.717, 1.165) is 49.3 Å². The highest BCUT2D eigenvalue weighted by molar-refractivity contribution is 6.09. The molecule has 2 aliphatic heterocycles. The summed E-state index contributed by atoms with van der Waals surface area (Å²) in [4.78, 5) is 16.1.